The molecule has 1 aromatic rings. The number of aromatic nitrogens is 1. The lowest BCUT2D eigenvalue weighted by molar-refractivity contribution is -0.123. The van der Waals surface area contributed by atoms with Crippen LogP contribution in [0.4, 0.5) is 11.5 Å². The summed E-state index contributed by atoms with van der Waals surface area (Å²) in [7, 11) is 0. The molecule has 2 N–H and O–H groups in total. The molecule has 0 saturated carbocycles. The van der Waals surface area contributed by atoms with Crippen LogP contribution in [-0.2, 0) is 9.53 Å². The van der Waals surface area contributed by atoms with Gasteiger partial charge in [0.1, 0.15) is 5.82 Å². The third-order valence-corrected chi connectivity index (χ3v) is 4.01. The molecule has 1 unspecified atom stereocenters. The molecular formula is C15H23ClN4O2. The Balaban J connectivity index is 0.00000176. The molecule has 2 aliphatic heterocycles. The summed E-state index contributed by atoms with van der Waals surface area (Å²) in [5, 5.41) is 6.21. The van der Waals surface area contributed by atoms with Crippen LogP contribution in [0.5, 0.6) is 0 Å². The van der Waals surface area contributed by atoms with E-state index in [4.69, 9.17) is 4.74 Å². The van der Waals surface area contributed by atoms with E-state index < -0.39 is 0 Å². The Morgan fingerprint density at radius 1 is 1.36 bits per heavy atom. The minimum atomic E-state index is -0.0478. The highest BCUT2D eigenvalue weighted by molar-refractivity contribution is 5.91. The zero-order chi connectivity index (χ0) is 14.5. The highest BCUT2D eigenvalue weighted by Crippen LogP contribution is 2.18. The van der Waals surface area contributed by atoms with Gasteiger partial charge in [-0.15, -0.1) is 12.4 Å². The van der Waals surface area contributed by atoms with Gasteiger partial charge < -0.3 is 20.3 Å². The van der Waals surface area contributed by atoms with Gasteiger partial charge in [0.15, 0.2) is 0 Å². The first-order valence-corrected chi connectivity index (χ1v) is 7.63. The Hall–Kier alpha value is -1.37. The maximum atomic E-state index is 12.1. The maximum Gasteiger partial charge on any atom is 0.230 e. The maximum absolute atomic E-state index is 12.1. The number of ether oxygens (including phenoxy) is 1. The zero-order valence-corrected chi connectivity index (χ0v) is 13.4. The lowest BCUT2D eigenvalue weighted by Crippen LogP contribution is -2.43. The van der Waals surface area contributed by atoms with Crippen molar-refractivity contribution in [3.05, 3.63) is 18.3 Å². The van der Waals surface area contributed by atoms with E-state index >= 15 is 0 Å². The minimum Gasteiger partial charge on any atom is -0.381 e. The van der Waals surface area contributed by atoms with Gasteiger partial charge in [-0.1, -0.05) is 0 Å². The summed E-state index contributed by atoms with van der Waals surface area (Å²) in [5.74, 6) is 0.579. The van der Waals surface area contributed by atoms with Crippen LogP contribution >= 0.6 is 12.4 Å². The van der Waals surface area contributed by atoms with Gasteiger partial charge in [0.25, 0.3) is 0 Å². The van der Waals surface area contributed by atoms with Crippen LogP contribution in [0.2, 0.25) is 0 Å². The van der Waals surface area contributed by atoms with Gasteiger partial charge >= 0.3 is 0 Å². The topological polar surface area (TPSA) is 66.5 Å². The van der Waals surface area contributed by atoms with Gasteiger partial charge in [-0.25, -0.2) is 4.98 Å². The molecule has 22 heavy (non-hydrogen) atoms. The fraction of sp³-hybridized carbons (Fsp3) is 0.600. The molecule has 0 spiro atoms. The number of nitrogens with one attached hydrogen (secondary N) is 2. The van der Waals surface area contributed by atoms with Crippen LogP contribution in [0.3, 0.4) is 0 Å². The van der Waals surface area contributed by atoms with Gasteiger partial charge in [-0.3, -0.25) is 4.79 Å². The summed E-state index contributed by atoms with van der Waals surface area (Å²) in [5.41, 5.74) is 1.11. The van der Waals surface area contributed by atoms with Gasteiger partial charge in [-0.05, 0) is 25.0 Å². The summed E-state index contributed by atoms with van der Waals surface area (Å²) >= 11 is 0. The molecule has 0 aliphatic carbocycles. The fourth-order valence-electron chi connectivity index (χ4n) is 2.75. The summed E-state index contributed by atoms with van der Waals surface area (Å²) in [6, 6.07) is 3.89. The van der Waals surface area contributed by atoms with Crippen molar-refractivity contribution in [2.24, 2.45) is 5.92 Å². The Morgan fingerprint density at radius 3 is 2.82 bits per heavy atom. The average Bonchev–Trinajstić information content (AvgIpc) is 2.57. The van der Waals surface area contributed by atoms with Crippen molar-refractivity contribution in [2.75, 3.05) is 49.6 Å². The molecule has 0 radical (unpaired) electrons. The summed E-state index contributed by atoms with van der Waals surface area (Å²) in [6.07, 6.45) is 3.68. The molecule has 0 bridgehead atoms. The molecule has 1 amide bonds. The summed E-state index contributed by atoms with van der Waals surface area (Å²) in [4.78, 5) is 18.8. The average molecular weight is 327 g/mol. The molecule has 2 aliphatic rings. The van der Waals surface area contributed by atoms with Gasteiger partial charge in [0.2, 0.25) is 5.91 Å². The van der Waals surface area contributed by atoms with Crippen LogP contribution < -0.4 is 15.5 Å². The molecule has 7 heteroatoms. The Bertz CT molecular complexity index is 471. The lowest BCUT2D eigenvalue weighted by Gasteiger charge is -2.29. The molecule has 2 fully saturated rings. The normalized spacial score (nSPS) is 21.8. The number of halogens is 1. The molecule has 2 saturated heterocycles. The zero-order valence-electron chi connectivity index (χ0n) is 12.6. The van der Waals surface area contributed by atoms with E-state index in [1.165, 1.54) is 0 Å². The van der Waals surface area contributed by atoms with Crippen molar-refractivity contribution in [2.45, 2.75) is 12.8 Å². The number of piperazine rings is 1. The van der Waals surface area contributed by atoms with E-state index in [1.807, 2.05) is 18.3 Å². The van der Waals surface area contributed by atoms with Crippen molar-refractivity contribution in [3.8, 4) is 0 Å². The SMILES string of the molecule is Cl.O=C(Nc1ccc(N2CCNCC2)cn1)C1CCCOC1. The number of amides is 1. The van der Waals surface area contributed by atoms with Crippen LogP contribution in [0, 0.1) is 5.92 Å². The highest BCUT2D eigenvalue weighted by atomic mass is 35.5. The molecular weight excluding hydrogens is 304 g/mol. The summed E-state index contributed by atoms with van der Waals surface area (Å²) < 4.78 is 5.35. The first-order chi connectivity index (χ1) is 10.3. The third kappa shape index (κ3) is 4.32. The number of hydrogen-bond donors (Lipinski definition) is 2. The first kappa shape index (κ1) is 17.0. The van der Waals surface area contributed by atoms with Crippen molar-refractivity contribution in [3.63, 3.8) is 0 Å². The monoisotopic (exact) mass is 326 g/mol. The molecule has 3 heterocycles. The largest absolute Gasteiger partial charge is 0.381 e. The first-order valence-electron chi connectivity index (χ1n) is 7.63. The van der Waals surface area contributed by atoms with Gasteiger partial charge in [0, 0.05) is 32.8 Å². The predicted octanol–water partition coefficient (Wildman–Crippen LogP) is 1.28. The van der Waals surface area contributed by atoms with Crippen LogP contribution in [0.15, 0.2) is 18.3 Å². The number of rotatable bonds is 3. The van der Waals surface area contributed by atoms with Gasteiger partial charge in [-0.2, -0.15) is 0 Å². The van der Waals surface area contributed by atoms with Crippen LogP contribution in [0.1, 0.15) is 12.8 Å². The van der Waals surface area contributed by atoms with Crippen molar-refractivity contribution in [1.82, 2.24) is 10.3 Å². The molecule has 122 valence electrons. The van der Waals surface area contributed by atoms with E-state index in [2.05, 4.69) is 20.5 Å². The Kier molecular flexibility index (Phi) is 6.42. The second kappa shape index (κ2) is 8.31. The molecule has 1 atom stereocenters. The number of nitrogens with zero attached hydrogens (tertiary/aromatic N) is 2. The van der Waals surface area contributed by atoms with E-state index in [0.29, 0.717) is 12.4 Å². The number of hydrogen-bond acceptors (Lipinski definition) is 5. The highest BCUT2D eigenvalue weighted by Gasteiger charge is 2.22. The molecule has 1 aromatic heterocycles. The molecule has 6 nitrogen and oxygen atoms in total. The van der Waals surface area contributed by atoms with Crippen LogP contribution in [0.25, 0.3) is 0 Å². The minimum absolute atomic E-state index is 0. The fourth-order valence-corrected chi connectivity index (χ4v) is 2.75. The second-order valence-electron chi connectivity index (χ2n) is 5.54. The molecule has 0 aromatic carbocycles. The number of carbonyl (C=O) groups excluding carboxylic acids is 1. The molecule has 3 rings (SSSR count). The quantitative estimate of drug-likeness (QED) is 0.876. The number of pyridine rings is 1. The van der Waals surface area contributed by atoms with Crippen molar-refractivity contribution < 1.29 is 9.53 Å². The predicted molar refractivity (Wildman–Crippen MR) is 88.7 cm³/mol. The number of carbonyl (C=O) groups is 1. The third-order valence-electron chi connectivity index (χ3n) is 4.01. The van der Waals surface area contributed by atoms with E-state index in [9.17, 15) is 4.79 Å². The van der Waals surface area contributed by atoms with E-state index in [-0.39, 0.29) is 24.2 Å². The Morgan fingerprint density at radius 2 is 2.18 bits per heavy atom. The number of anilines is 2. The van der Waals surface area contributed by atoms with Crippen LogP contribution in [-0.4, -0.2) is 50.3 Å². The standard InChI is InChI=1S/C15H22N4O2.ClH/c20-15(12-2-1-9-21-11-12)18-14-4-3-13(10-17-14)19-7-5-16-6-8-19;/h3-4,10,12,16H,1-2,5-9,11H2,(H,17,18,20);1H. The second-order valence-corrected chi connectivity index (χ2v) is 5.54. The van der Waals surface area contributed by atoms with Crippen molar-refractivity contribution >= 4 is 29.8 Å². The van der Waals surface area contributed by atoms with Gasteiger partial charge in [0.05, 0.1) is 24.4 Å². The smallest absolute Gasteiger partial charge is 0.230 e. The Labute approximate surface area is 137 Å². The lowest BCUT2D eigenvalue weighted by atomic mass is 10.0. The van der Waals surface area contributed by atoms with E-state index in [1.54, 1.807) is 0 Å². The summed E-state index contributed by atoms with van der Waals surface area (Å²) in [6.45, 7) is 5.27. The van der Waals surface area contributed by atoms with E-state index in [0.717, 1.165) is 51.3 Å². The van der Waals surface area contributed by atoms with Crippen molar-refractivity contribution in [1.29, 1.82) is 0 Å².